The summed E-state index contributed by atoms with van der Waals surface area (Å²) in [5, 5.41) is 0. The molecular formula is C29H34N2O6S. The Morgan fingerprint density at radius 3 is 2.37 bits per heavy atom. The lowest BCUT2D eigenvalue weighted by Crippen LogP contribution is -2.45. The highest BCUT2D eigenvalue weighted by Crippen LogP contribution is 2.24. The molecule has 38 heavy (non-hydrogen) atoms. The first kappa shape index (κ1) is 27.6. The molecule has 0 aliphatic carbocycles. The van der Waals surface area contributed by atoms with Crippen LogP contribution >= 0.6 is 0 Å². The highest BCUT2D eigenvalue weighted by atomic mass is 32.2. The van der Waals surface area contributed by atoms with E-state index >= 15 is 0 Å². The van der Waals surface area contributed by atoms with Crippen LogP contribution in [0.2, 0.25) is 0 Å². The molecule has 1 fully saturated rings. The molecule has 1 aromatic heterocycles. The van der Waals surface area contributed by atoms with E-state index in [-0.39, 0.29) is 16.7 Å². The second kappa shape index (κ2) is 12.9. The van der Waals surface area contributed by atoms with Crippen LogP contribution in [0.1, 0.15) is 35.4 Å². The zero-order valence-corrected chi connectivity index (χ0v) is 22.6. The largest absolute Gasteiger partial charge is 0.497 e. The van der Waals surface area contributed by atoms with Crippen molar-refractivity contribution in [3.8, 4) is 11.5 Å². The average molecular weight is 539 g/mol. The number of rotatable bonds is 12. The van der Waals surface area contributed by atoms with Gasteiger partial charge in [-0.25, -0.2) is 8.42 Å². The van der Waals surface area contributed by atoms with Gasteiger partial charge in [-0.3, -0.25) is 4.79 Å². The van der Waals surface area contributed by atoms with Gasteiger partial charge in [0.25, 0.3) is 0 Å². The molecule has 0 amide bonds. The van der Waals surface area contributed by atoms with Crippen LogP contribution in [0.5, 0.6) is 11.5 Å². The third kappa shape index (κ3) is 7.12. The van der Waals surface area contributed by atoms with Gasteiger partial charge in [-0.1, -0.05) is 0 Å². The Bertz CT molecular complexity index is 1290. The third-order valence-corrected chi connectivity index (χ3v) is 8.70. The van der Waals surface area contributed by atoms with Crippen LogP contribution in [0.4, 0.5) is 0 Å². The molecule has 3 aromatic rings. The first-order valence-electron chi connectivity index (χ1n) is 12.7. The van der Waals surface area contributed by atoms with Crippen LogP contribution in [-0.4, -0.2) is 69.8 Å². The summed E-state index contributed by atoms with van der Waals surface area (Å²) in [7, 11) is -0.320. The van der Waals surface area contributed by atoms with Crippen molar-refractivity contribution in [3.05, 3.63) is 84.3 Å². The zero-order chi connectivity index (χ0) is 27.0. The van der Waals surface area contributed by atoms with Gasteiger partial charge in [-0.2, -0.15) is 4.31 Å². The molecule has 0 spiro atoms. The molecule has 1 aliphatic heterocycles. The van der Waals surface area contributed by atoms with Gasteiger partial charge in [0.05, 0.1) is 24.9 Å². The number of hydrogen-bond acceptors (Lipinski definition) is 7. The number of furan rings is 1. The van der Waals surface area contributed by atoms with E-state index in [2.05, 4.69) is 4.90 Å². The van der Waals surface area contributed by atoms with Crippen molar-refractivity contribution < 1.29 is 27.1 Å². The second-order valence-electron chi connectivity index (χ2n) is 9.21. The SMILES string of the molecule is COc1ccc(S(=O)(=O)N(C)C2CCN(CCCOc3ccc(C(=O)C=Cc4ccco4)cc3)CC2)cc1. The fourth-order valence-corrected chi connectivity index (χ4v) is 5.87. The molecule has 0 saturated carbocycles. The summed E-state index contributed by atoms with van der Waals surface area (Å²) in [4.78, 5) is 14.9. The Balaban J connectivity index is 1.16. The van der Waals surface area contributed by atoms with Gasteiger partial charge in [0.2, 0.25) is 10.0 Å². The van der Waals surface area contributed by atoms with Crippen LogP contribution < -0.4 is 9.47 Å². The number of methoxy groups -OCH3 is 1. The normalized spacial score (nSPS) is 15.2. The Kier molecular flexibility index (Phi) is 9.38. The molecule has 0 N–H and O–H groups in total. The molecule has 1 saturated heterocycles. The molecule has 1 aliphatic rings. The molecule has 0 bridgehead atoms. The van der Waals surface area contributed by atoms with Gasteiger partial charge in [0.1, 0.15) is 17.3 Å². The third-order valence-electron chi connectivity index (χ3n) is 6.78. The van der Waals surface area contributed by atoms with E-state index in [9.17, 15) is 13.2 Å². The van der Waals surface area contributed by atoms with Crippen molar-refractivity contribution in [2.75, 3.05) is 40.4 Å². The van der Waals surface area contributed by atoms with Crippen LogP contribution in [-0.2, 0) is 10.0 Å². The monoisotopic (exact) mass is 538 g/mol. The van der Waals surface area contributed by atoms with Crippen molar-refractivity contribution in [2.45, 2.75) is 30.2 Å². The van der Waals surface area contributed by atoms with Gasteiger partial charge in [-0.05, 0) is 105 Å². The molecule has 2 aromatic carbocycles. The Labute approximate surface area is 224 Å². The summed E-state index contributed by atoms with van der Waals surface area (Å²) in [6, 6.07) is 17.2. The van der Waals surface area contributed by atoms with E-state index in [0.717, 1.165) is 44.6 Å². The lowest BCUT2D eigenvalue weighted by atomic mass is 10.1. The minimum atomic E-state index is -3.54. The summed E-state index contributed by atoms with van der Waals surface area (Å²) in [5.41, 5.74) is 0.585. The van der Waals surface area contributed by atoms with Crippen LogP contribution in [0, 0.1) is 0 Å². The van der Waals surface area contributed by atoms with Gasteiger partial charge in [0, 0.05) is 25.2 Å². The number of ether oxygens (including phenoxy) is 2. The first-order chi connectivity index (χ1) is 18.4. The molecule has 202 valence electrons. The number of ketones is 1. The first-order valence-corrected chi connectivity index (χ1v) is 14.1. The molecule has 2 heterocycles. The molecule has 0 unspecified atom stereocenters. The quantitative estimate of drug-likeness (QED) is 0.187. The summed E-state index contributed by atoms with van der Waals surface area (Å²) < 4.78 is 43.7. The summed E-state index contributed by atoms with van der Waals surface area (Å²) in [6.45, 7) is 3.14. The van der Waals surface area contributed by atoms with Crippen molar-refractivity contribution in [3.63, 3.8) is 0 Å². The number of allylic oxidation sites excluding steroid dienone is 1. The minimum absolute atomic E-state index is 0.0234. The lowest BCUT2D eigenvalue weighted by molar-refractivity contribution is 0.104. The van der Waals surface area contributed by atoms with Crippen molar-refractivity contribution in [2.24, 2.45) is 0 Å². The number of piperidine rings is 1. The van der Waals surface area contributed by atoms with Crippen molar-refractivity contribution in [1.82, 2.24) is 9.21 Å². The fraction of sp³-hybridized carbons (Fsp3) is 0.345. The standard InChI is InChI=1S/C29H34N2O6S/c1-30(38(33,34)28-13-10-25(35-2)11-14-28)24-16-19-31(20-17-24)18-4-22-37-27-8-6-23(7-9-27)29(32)15-12-26-5-3-21-36-26/h3,5-15,21,24H,4,16-20,22H2,1-2H3. The predicted octanol–water partition coefficient (Wildman–Crippen LogP) is 4.74. The molecule has 0 radical (unpaired) electrons. The molecule has 0 atom stereocenters. The van der Waals surface area contributed by atoms with E-state index in [4.69, 9.17) is 13.9 Å². The highest BCUT2D eigenvalue weighted by Gasteiger charge is 2.30. The number of hydrogen-bond donors (Lipinski definition) is 0. The molecule has 8 nitrogen and oxygen atoms in total. The maximum atomic E-state index is 13.0. The van der Waals surface area contributed by atoms with E-state index in [1.807, 2.05) is 0 Å². The topological polar surface area (TPSA) is 89.3 Å². The van der Waals surface area contributed by atoms with Gasteiger partial charge < -0.3 is 18.8 Å². The number of carbonyl (C=O) groups excluding carboxylic acids is 1. The Hall–Kier alpha value is -3.40. The predicted molar refractivity (Wildman–Crippen MR) is 146 cm³/mol. The smallest absolute Gasteiger partial charge is 0.243 e. The average Bonchev–Trinajstić information content (AvgIpc) is 3.48. The van der Waals surface area contributed by atoms with Crippen LogP contribution in [0.15, 0.2) is 82.3 Å². The number of likely N-dealkylation sites (tertiary alicyclic amines) is 1. The zero-order valence-electron chi connectivity index (χ0n) is 21.8. The number of sulfonamides is 1. The van der Waals surface area contributed by atoms with Crippen molar-refractivity contribution in [1.29, 1.82) is 0 Å². The molecule has 4 rings (SSSR count). The number of carbonyl (C=O) groups is 1. The van der Waals surface area contributed by atoms with Crippen LogP contribution in [0.3, 0.4) is 0 Å². The lowest BCUT2D eigenvalue weighted by Gasteiger charge is -2.36. The van der Waals surface area contributed by atoms with Gasteiger partial charge in [0.15, 0.2) is 5.78 Å². The Morgan fingerprint density at radius 2 is 1.74 bits per heavy atom. The van der Waals surface area contributed by atoms with E-state index in [1.165, 1.54) is 10.4 Å². The van der Waals surface area contributed by atoms with Crippen molar-refractivity contribution >= 4 is 21.9 Å². The summed E-state index contributed by atoms with van der Waals surface area (Å²) in [6.07, 6.45) is 7.14. The van der Waals surface area contributed by atoms with Crippen LogP contribution in [0.25, 0.3) is 6.08 Å². The molecule has 9 heteroatoms. The minimum Gasteiger partial charge on any atom is -0.497 e. The summed E-state index contributed by atoms with van der Waals surface area (Å²) >= 11 is 0. The Morgan fingerprint density at radius 1 is 1.05 bits per heavy atom. The number of benzene rings is 2. The number of nitrogens with zero attached hydrogens (tertiary/aromatic N) is 2. The maximum absolute atomic E-state index is 13.0. The molecular weight excluding hydrogens is 504 g/mol. The van der Waals surface area contributed by atoms with Gasteiger partial charge in [-0.15, -0.1) is 0 Å². The maximum Gasteiger partial charge on any atom is 0.243 e. The van der Waals surface area contributed by atoms with E-state index in [0.29, 0.717) is 23.7 Å². The van der Waals surface area contributed by atoms with E-state index < -0.39 is 10.0 Å². The van der Waals surface area contributed by atoms with E-state index in [1.54, 1.807) is 87.2 Å². The second-order valence-corrected chi connectivity index (χ2v) is 11.2. The summed E-state index contributed by atoms with van der Waals surface area (Å²) in [5.74, 6) is 1.89. The highest BCUT2D eigenvalue weighted by molar-refractivity contribution is 7.89. The fourth-order valence-electron chi connectivity index (χ4n) is 4.45. The van der Waals surface area contributed by atoms with Gasteiger partial charge >= 0.3 is 0 Å².